The highest BCUT2D eigenvalue weighted by atomic mass is 16.3. The minimum Gasteiger partial charge on any atom is -0.467 e. The molecule has 0 saturated carbocycles. The van der Waals surface area contributed by atoms with Gasteiger partial charge in [-0.2, -0.15) is 0 Å². The van der Waals surface area contributed by atoms with Crippen LogP contribution in [0.3, 0.4) is 0 Å². The third-order valence-electron chi connectivity index (χ3n) is 3.34. The zero-order chi connectivity index (χ0) is 13.1. The molecule has 1 aromatic rings. The molecule has 0 aliphatic carbocycles. The lowest BCUT2D eigenvalue weighted by molar-refractivity contribution is -0.134. The van der Waals surface area contributed by atoms with E-state index in [0.29, 0.717) is 26.1 Å². The number of furan rings is 1. The zero-order valence-electron chi connectivity index (χ0n) is 10.8. The van der Waals surface area contributed by atoms with Crippen molar-refractivity contribution in [1.29, 1.82) is 0 Å². The Balaban J connectivity index is 1.96. The molecule has 98 valence electrons. The maximum Gasteiger partial charge on any atom is 0.227 e. The molecule has 1 unspecified atom stereocenters. The smallest absolute Gasteiger partial charge is 0.227 e. The summed E-state index contributed by atoms with van der Waals surface area (Å²) in [4.78, 5) is 27.2. The molecule has 1 aliphatic rings. The molecule has 2 rings (SSSR count). The van der Waals surface area contributed by atoms with E-state index in [4.69, 9.17) is 4.42 Å². The highest BCUT2D eigenvalue weighted by molar-refractivity contribution is 5.89. The summed E-state index contributed by atoms with van der Waals surface area (Å²) in [6.07, 6.45) is 1.90. The van der Waals surface area contributed by atoms with Crippen LogP contribution in [0.5, 0.6) is 0 Å². The summed E-state index contributed by atoms with van der Waals surface area (Å²) in [5, 5.41) is 0. The first-order valence-corrected chi connectivity index (χ1v) is 6.17. The van der Waals surface area contributed by atoms with Gasteiger partial charge in [0.25, 0.3) is 0 Å². The predicted molar refractivity (Wildman–Crippen MR) is 65.5 cm³/mol. The van der Waals surface area contributed by atoms with Gasteiger partial charge in [-0.05, 0) is 19.1 Å². The third kappa shape index (κ3) is 2.55. The Bertz CT molecular complexity index is 427. The van der Waals surface area contributed by atoms with Crippen LogP contribution in [0.15, 0.2) is 22.8 Å². The first kappa shape index (κ1) is 12.7. The molecule has 5 nitrogen and oxygen atoms in total. The molecule has 1 aliphatic heterocycles. The van der Waals surface area contributed by atoms with Crippen molar-refractivity contribution >= 4 is 11.8 Å². The number of carbonyl (C=O) groups excluding carboxylic acids is 2. The van der Waals surface area contributed by atoms with Gasteiger partial charge in [0.2, 0.25) is 11.8 Å². The number of likely N-dealkylation sites (tertiary alicyclic amines) is 1. The fraction of sp³-hybridized carbons (Fsp3) is 0.538. The molecule has 5 heteroatoms. The minimum atomic E-state index is -0.211. The van der Waals surface area contributed by atoms with Crippen LogP contribution in [0.4, 0.5) is 0 Å². The van der Waals surface area contributed by atoms with Crippen LogP contribution < -0.4 is 0 Å². The van der Waals surface area contributed by atoms with Gasteiger partial charge in [0.1, 0.15) is 5.76 Å². The van der Waals surface area contributed by atoms with E-state index >= 15 is 0 Å². The quantitative estimate of drug-likeness (QED) is 0.804. The molecule has 0 N–H and O–H groups in total. The Morgan fingerprint density at radius 3 is 3.00 bits per heavy atom. The van der Waals surface area contributed by atoms with E-state index in [-0.39, 0.29) is 17.7 Å². The lowest BCUT2D eigenvalue weighted by atomic mass is 10.1. The molecule has 0 bridgehead atoms. The van der Waals surface area contributed by atoms with Crippen LogP contribution in [0, 0.1) is 5.92 Å². The normalized spacial score (nSPS) is 19.3. The van der Waals surface area contributed by atoms with E-state index in [2.05, 4.69) is 0 Å². The molecule has 0 aromatic carbocycles. The SMILES string of the molecule is CCN(C)C(=O)C1CC(=O)N(Cc2ccco2)C1. The van der Waals surface area contributed by atoms with Gasteiger partial charge < -0.3 is 14.2 Å². The molecule has 0 spiro atoms. The number of rotatable bonds is 4. The molecule has 18 heavy (non-hydrogen) atoms. The van der Waals surface area contributed by atoms with E-state index in [1.807, 2.05) is 13.0 Å². The molecule has 2 heterocycles. The summed E-state index contributed by atoms with van der Waals surface area (Å²) in [6, 6.07) is 3.63. The first-order chi connectivity index (χ1) is 8.61. The van der Waals surface area contributed by atoms with Crippen molar-refractivity contribution in [1.82, 2.24) is 9.80 Å². The van der Waals surface area contributed by atoms with Gasteiger partial charge in [-0.25, -0.2) is 0 Å². The van der Waals surface area contributed by atoms with Crippen molar-refractivity contribution in [3.8, 4) is 0 Å². The molecule has 1 saturated heterocycles. The lowest BCUT2D eigenvalue weighted by Crippen LogP contribution is -2.34. The molecular weight excluding hydrogens is 232 g/mol. The Labute approximate surface area is 106 Å². The highest BCUT2D eigenvalue weighted by Crippen LogP contribution is 2.21. The first-order valence-electron chi connectivity index (χ1n) is 6.17. The van der Waals surface area contributed by atoms with Crippen molar-refractivity contribution in [3.63, 3.8) is 0 Å². The average Bonchev–Trinajstić information content (AvgIpc) is 2.99. The maximum absolute atomic E-state index is 12.0. The fourth-order valence-corrected chi connectivity index (χ4v) is 2.15. The van der Waals surface area contributed by atoms with Crippen molar-refractivity contribution in [2.24, 2.45) is 5.92 Å². The van der Waals surface area contributed by atoms with Crippen molar-refractivity contribution in [3.05, 3.63) is 24.2 Å². The Hall–Kier alpha value is -1.78. The molecule has 1 aromatic heterocycles. The average molecular weight is 250 g/mol. The van der Waals surface area contributed by atoms with Gasteiger partial charge in [-0.3, -0.25) is 9.59 Å². The standard InChI is InChI=1S/C13H18N2O3/c1-3-14(2)13(17)10-7-12(16)15(8-10)9-11-5-4-6-18-11/h4-6,10H,3,7-9H2,1-2H3. The number of carbonyl (C=O) groups is 2. The fourth-order valence-electron chi connectivity index (χ4n) is 2.15. The van der Waals surface area contributed by atoms with Crippen LogP contribution in [0.25, 0.3) is 0 Å². The van der Waals surface area contributed by atoms with Gasteiger partial charge in [0.05, 0.1) is 18.7 Å². The van der Waals surface area contributed by atoms with Crippen LogP contribution >= 0.6 is 0 Å². The number of hydrogen-bond donors (Lipinski definition) is 0. The Morgan fingerprint density at radius 1 is 1.61 bits per heavy atom. The van der Waals surface area contributed by atoms with Crippen molar-refractivity contribution < 1.29 is 14.0 Å². The van der Waals surface area contributed by atoms with Gasteiger partial charge in [0.15, 0.2) is 0 Å². The van der Waals surface area contributed by atoms with Gasteiger partial charge in [0, 0.05) is 26.6 Å². The molecule has 0 radical (unpaired) electrons. The van der Waals surface area contributed by atoms with Crippen LogP contribution in [0.2, 0.25) is 0 Å². The predicted octanol–water partition coefficient (Wildman–Crippen LogP) is 1.11. The maximum atomic E-state index is 12.0. The minimum absolute atomic E-state index is 0.0225. The zero-order valence-corrected chi connectivity index (χ0v) is 10.8. The second-order valence-corrected chi connectivity index (χ2v) is 4.61. The number of amides is 2. The number of nitrogens with zero attached hydrogens (tertiary/aromatic N) is 2. The summed E-state index contributed by atoms with van der Waals surface area (Å²) in [7, 11) is 1.77. The van der Waals surface area contributed by atoms with Gasteiger partial charge in [-0.1, -0.05) is 0 Å². The summed E-state index contributed by atoms with van der Waals surface area (Å²) in [6.45, 7) is 3.53. The molecule has 2 amide bonds. The van der Waals surface area contributed by atoms with Crippen molar-refractivity contribution in [2.45, 2.75) is 19.9 Å². The number of hydrogen-bond acceptors (Lipinski definition) is 3. The van der Waals surface area contributed by atoms with E-state index in [0.717, 1.165) is 5.76 Å². The second-order valence-electron chi connectivity index (χ2n) is 4.61. The summed E-state index contributed by atoms with van der Waals surface area (Å²) in [5.74, 6) is 0.611. The summed E-state index contributed by atoms with van der Waals surface area (Å²) >= 11 is 0. The second kappa shape index (κ2) is 5.25. The van der Waals surface area contributed by atoms with Crippen molar-refractivity contribution in [2.75, 3.05) is 20.1 Å². The van der Waals surface area contributed by atoms with E-state index in [9.17, 15) is 9.59 Å². The van der Waals surface area contributed by atoms with E-state index in [1.165, 1.54) is 0 Å². The largest absolute Gasteiger partial charge is 0.467 e. The van der Waals surface area contributed by atoms with Crippen LogP contribution in [0.1, 0.15) is 19.1 Å². The van der Waals surface area contributed by atoms with Gasteiger partial charge >= 0.3 is 0 Å². The van der Waals surface area contributed by atoms with E-state index in [1.54, 1.807) is 29.2 Å². The molecular formula is C13H18N2O3. The Kier molecular flexibility index (Phi) is 3.69. The van der Waals surface area contributed by atoms with Crippen LogP contribution in [-0.2, 0) is 16.1 Å². The molecule has 1 fully saturated rings. The Morgan fingerprint density at radius 2 is 2.39 bits per heavy atom. The van der Waals surface area contributed by atoms with E-state index < -0.39 is 0 Å². The topological polar surface area (TPSA) is 53.8 Å². The van der Waals surface area contributed by atoms with Crippen LogP contribution in [-0.4, -0.2) is 41.8 Å². The summed E-state index contributed by atoms with van der Waals surface area (Å²) in [5.41, 5.74) is 0. The summed E-state index contributed by atoms with van der Waals surface area (Å²) < 4.78 is 5.22. The molecule has 1 atom stereocenters. The van der Waals surface area contributed by atoms with Gasteiger partial charge in [-0.15, -0.1) is 0 Å². The highest BCUT2D eigenvalue weighted by Gasteiger charge is 2.35. The third-order valence-corrected chi connectivity index (χ3v) is 3.34. The monoisotopic (exact) mass is 250 g/mol. The lowest BCUT2D eigenvalue weighted by Gasteiger charge is -2.19.